The number of aromatic nitrogens is 2. The zero-order valence-electron chi connectivity index (χ0n) is 11.2. The predicted octanol–water partition coefficient (Wildman–Crippen LogP) is 3.21. The Hall–Kier alpha value is -2.23. The van der Waals surface area contributed by atoms with Gasteiger partial charge in [0.25, 0.3) is 0 Å². The Morgan fingerprint density at radius 2 is 2.00 bits per heavy atom. The second-order valence-electron chi connectivity index (χ2n) is 4.67. The van der Waals surface area contributed by atoms with Gasteiger partial charge < -0.3 is 10.7 Å². The topological polar surface area (TPSA) is 61.7 Å². The Balaban J connectivity index is 2.18. The highest BCUT2D eigenvalue weighted by atomic mass is 15.0. The van der Waals surface area contributed by atoms with Crippen LogP contribution < -0.4 is 5.32 Å². The van der Waals surface area contributed by atoms with Crippen LogP contribution in [-0.2, 0) is 6.54 Å². The van der Waals surface area contributed by atoms with E-state index in [1.807, 2.05) is 18.2 Å². The van der Waals surface area contributed by atoms with Crippen LogP contribution in [0.4, 0.5) is 5.82 Å². The van der Waals surface area contributed by atoms with Crippen molar-refractivity contribution in [1.82, 2.24) is 9.97 Å². The summed E-state index contributed by atoms with van der Waals surface area (Å²) in [4.78, 5) is 8.80. The minimum atomic E-state index is 0.324. The molecule has 0 aliphatic rings. The average molecular weight is 254 g/mol. The molecule has 2 rings (SSSR count). The molecule has 19 heavy (non-hydrogen) atoms. The molecule has 0 amide bonds. The van der Waals surface area contributed by atoms with Crippen molar-refractivity contribution in [3.63, 3.8) is 0 Å². The Morgan fingerprint density at radius 3 is 2.63 bits per heavy atom. The minimum absolute atomic E-state index is 0.324. The van der Waals surface area contributed by atoms with Crippen LogP contribution in [0.5, 0.6) is 0 Å². The summed E-state index contributed by atoms with van der Waals surface area (Å²) < 4.78 is 0. The number of hydrogen-bond donors (Lipinski definition) is 2. The van der Waals surface area contributed by atoms with Gasteiger partial charge >= 0.3 is 0 Å². The first-order valence-electron chi connectivity index (χ1n) is 6.36. The van der Waals surface area contributed by atoms with E-state index in [9.17, 15) is 0 Å². The van der Waals surface area contributed by atoms with E-state index in [0.717, 1.165) is 5.69 Å². The third-order valence-corrected chi connectivity index (χ3v) is 2.85. The zero-order chi connectivity index (χ0) is 13.7. The summed E-state index contributed by atoms with van der Waals surface area (Å²) in [5, 5.41) is 10.6. The van der Waals surface area contributed by atoms with Gasteiger partial charge in [-0.1, -0.05) is 44.2 Å². The molecule has 0 spiro atoms. The normalized spacial score (nSPS) is 10.5. The molecular formula is C15H18N4. The van der Waals surface area contributed by atoms with Crippen molar-refractivity contribution in [3.8, 4) is 0 Å². The van der Waals surface area contributed by atoms with E-state index in [2.05, 4.69) is 41.3 Å². The van der Waals surface area contributed by atoms with Gasteiger partial charge in [0.05, 0.1) is 5.69 Å². The summed E-state index contributed by atoms with van der Waals surface area (Å²) in [7, 11) is 0. The molecule has 1 aromatic heterocycles. The maximum absolute atomic E-state index is 7.38. The second-order valence-corrected chi connectivity index (χ2v) is 4.67. The van der Waals surface area contributed by atoms with Gasteiger partial charge in [-0.3, -0.25) is 0 Å². The summed E-state index contributed by atoms with van der Waals surface area (Å²) in [5.74, 6) is 0.995. The number of nitrogens with zero attached hydrogens (tertiary/aromatic N) is 2. The molecule has 98 valence electrons. The third-order valence-electron chi connectivity index (χ3n) is 2.85. The monoisotopic (exact) mass is 254 g/mol. The van der Waals surface area contributed by atoms with Gasteiger partial charge in [0.1, 0.15) is 5.69 Å². The number of nitrogens with one attached hydrogen (secondary N) is 2. The van der Waals surface area contributed by atoms with Gasteiger partial charge in [0.15, 0.2) is 5.82 Å². The summed E-state index contributed by atoms with van der Waals surface area (Å²) in [6.45, 7) is 4.84. The molecule has 2 N–H and O–H groups in total. The van der Waals surface area contributed by atoms with Crippen molar-refractivity contribution in [2.24, 2.45) is 0 Å². The molecule has 0 aliphatic carbocycles. The lowest BCUT2D eigenvalue weighted by Gasteiger charge is -2.11. The van der Waals surface area contributed by atoms with Gasteiger partial charge in [-0.2, -0.15) is 0 Å². The highest BCUT2D eigenvalue weighted by Crippen LogP contribution is 2.16. The highest BCUT2D eigenvalue weighted by Gasteiger charge is 2.08. The predicted molar refractivity (Wildman–Crippen MR) is 77.8 cm³/mol. The Labute approximate surface area is 113 Å². The molecule has 0 saturated carbocycles. The van der Waals surface area contributed by atoms with Crippen LogP contribution in [0.15, 0.2) is 36.5 Å². The second kappa shape index (κ2) is 6.09. The lowest BCUT2D eigenvalue weighted by molar-refractivity contribution is 0.810. The van der Waals surface area contributed by atoms with Crippen molar-refractivity contribution in [2.75, 3.05) is 5.32 Å². The van der Waals surface area contributed by atoms with E-state index < -0.39 is 0 Å². The molecule has 4 heteroatoms. The zero-order valence-corrected chi connectivity index (χ0v) is 11.2. The standard InChI is InChI=1S/C15H18N4/c1-11(2)14-10-17-13(8-16)15(19-14)18-9-12-6-4-3-5-7-12/h3-8,10-11,16H,9H2,1-2H3,(H,18,19). The quantitative estimate of drug-likeness (QED) is 0.805. The van der Waals surface area contributed by atoms with Crippen LogP contribution in [0.25, 0.3) is 0 Å². The molecule has 4 nitrogen and oxygen atoms in total. The molecule has 0 saturated heterocycles. The maximum Gasteiger partial charge on any atom is 0.154 e. The van der Waals surface area contributed by atoms with Gasteiger partial charge in [0.2, 0.25) is 0 Å². The minimum Gasteiger partial charge on any atom is -0.364 e. The number of rotatable bonds is 5. The van der Waals surface area contributed by atoms with Crippen molar-refractivity contribution in [3.05, 3.63) is 53.5 Å². The fourth-order valence-corrected chi connectivity index (χ4v) is 1.71. The summed E-state index contributed by atoms with van der Waals surface area (Å²) >= 11 is 0. The molecule has 0 fully saturated rings. The van der Waals surface area contributed by atoms with Crippen LogP contribution in [0.1, 0.15) is 36.7 Å². The number of hydrogen-bond acceptors (Lipinski definition) is 4. The molecule has 0 aliphatic heterocycles. The van der Waals surface area contributed by atoms with Crippen molar-refractivity contribution in [2.45, 2.75) is 26.3 Å². The van der Waals surface area contributed by atoms with Crippen molar-refractivity contribution < 1.29 is 0 Å². The summed E-state index contributed by atoms with van der Waals surface area (Å²) in [6.07, 6.45) is 2.96. The number of anilines is 1. The molecular weight excluding hydrogens is 236 g/mol. The lowest BCUT2D eigenvalue weighted by atomic mass is 10.1. The first kappa shape index (κ1) is 13.2. The van der Waals surface area contributed by atoms with Gasteiger partial charge in [-0.05, 0) is 11.5 Å². The highest BCUT2D eigenvalue weighted by molar-refractivity contribution is 5.81. The van der Waals surface area contributed by atoms with Crippen molar-refractivity contribution >= 4 is 12.0 Å². The third kappa shape index (κ3) is 3.37. The van der Waals surface area contributed by atoms with Gasteiger partial charge in [-0.25, -0.2) is 9.97 Å². The van der Waals surface area contributed by atoms with E-state index in [1.54, 1.807) is 6.20 Å². The van der Waals surface area contributed by atoms with E-state index in [1.165, 1.54) is 11.8 Å². The molecule has 0 bridgehead atoms. The first-order valence-corrected chi connectivity index (χ1v) is 6.36. The molecule has 1 aromatic carbocycles. The van der Waals surface area contributed by atoms with E-state index in [4.69, 9.17) is 5.41 Å². The van der Waals surface area contributed by atoms with Gasteiger partial charge in [-0.15, -0.1) is 0 Å². The molecule has 0 atom stereocenters. The van der Waals surface area contributed by atoms with Crippen molar-refractivity contribution in [1.29, 1.82) is 5.41 Å². The molecule has 0 unspecified atom stereocenters. The van der Waals surface area contributed by atoms with Gasteiger partial charge in [0, 0.05) is 19.0 Å². The molecule has 1 heterocycles. The van der Waals surface area contributed by atoms with Crippen LogP contribution in [0.3, 0.4) is 0 Å². The van der Waals surface area contributed by atoms with E-state index in [-0.39, 0.29) is 0 Å². The SMILES string of the molecule is CC(C)c1cnc(C=N)c(NCc2ccccc2)n1. The smallest absolute Gasteiger partial charge is 0.154 e. The first-order chi connectivity index (χ1) is 9.20. The Kier molecular flexibility index (Phi) is 4.23. The van der Waals surface area contributed by atoms with Crippen LogP contribution in [0.2, 0.25) is 0 Å². The Bertz CT molecular complexity index is 549. The molecule has 0 radical (unpaired) electrons. The number of benzene rings is 1. The van der Waals surface area contributed by atoms with Crippen LogP contribution >= 0.6 is 0 Å². The summed E-state index contributed by atoms with van der Waals surface area (Å²) in [6, 6.07) is 10.1. The Morgan fingerprint density at radius 1 is 1.26 bits per heavy atom. The van der Waals surface area contributed by atoms with E-state index in [0.29, 0.717) is 24.0 Å². The molecule has 2 aromatic rings. The summed E-state index contributed by atoms with van der Waals surface area (Å²) in [5.41, 5.74) is 2.68. The average Bonchev–Trinajstić information content (AvgIpc) is 2.45. The fourth-order valence-electron chi connectivity index (χ4n) is 1.71. The largest absolute Gasteiger partial charge is 0.364 e. The fraction of sp³-hybridized carbons (Fsp3) is 0.267. The van der Waals surface area contributed by atoms with Crippen LogP contribution in [-0.4, -0.2) is 16.2 Å². The lowest BCUT2D eigenvalue weighted by Crippen LogP contribution is -2.08. The van der Waals surface area contributed by atoms with E-state index >= 15 is 0 Å². The maximum atomic E-state index is 7.38. The van der Waals surface area contributed by atoms with Crippen LogP contribution in [0, 0.1) is 5.41 Å².